The van der Waals surface area contributed by atoms with Gasteiger partial charge in [-0.15, -0.1) is 0 Å². The quantitative estimate of drug-likeness (QED) is 0.720. The zero-order valence-electron chi connectivity index (χ0n) is 10.9. The number of anilines is 1. The Labute approximate surface area is 116 Å². The summed E-state index contributed by atoms with van der Waals surface area (Å²) in [4.78, 5) is 13.4. The highest BCUT2D eigenvalue weighted by atomic mass is 127. The molecule has 1 aromatic carbocycles. The van der Waals surface area contributed by atoms with Gasteiger partial charge in [0.25, 0.3) is 0 Å². The molecule has 0 saturated carbocycles. The lowest BCUT2D eigenvalue weighted by Gasteiger charge is -2.24. The molecule has 1 amide bonds. The highest BCUT2D eigenvalue weighted by Gasteiger charge is 2.20. The molecule has 0 fully saturated rings. The van der Waals surface area contributed by atoms with Crippen molar-refractivity contribution in [1.29, 1.82) is 0 Å². The summed E-state index contributed by atoms with van der Waals surface area (Å²) in [6.45, 7) is 7.62. The molecule has 0 spiro atoms. The van der Waals surface area contributed by atoms with Crippen LogP contribution in [0.15, 0.2) is 18.2 Å². The van der Waals surface area contributed by atoms with E-state index in [0.29, 0.717) is 0 Å². The summed E-state index contributed by atoms with van der Waals surface area (Å²) < 4.78 is 6.44. The van der Waals surface area contributed by atoms with Gasteiger partial charge in [0.1, 0.15) is 5.60 Å². The van der Waals surface area contributed by atoms with Gasteiger partial charge in [-0.05, 0) is 68.0 Å². The Morgan fingerprint density at radius 1 is 1.35 bits per heavy atom. The van der Waals surface area contributed by atoms with Crippen molar-refractivity contribution >= 4 is 34.4 Å². The third kappa shape index (κ3) is 4.18. The summed E-state index contributed by atoms with van der Waals surface area (Å²) in [7, 11) is 1.72. The number of hydrogen-bond acceptors (Lipinski definition) is 2. The second-order valence-electron chi connectivity index (χ2n) is 4.97. The summed E-state index contributed by atoms with van der Waals surface area (Å²) >= 11 is 2.26. The Balaban J connectivity index is 2.85. The average molecular weight is 347 g/mol. The molecular weight excluding hydrogens is 329 g/mol. The molecule has 4 heteroatoms. The molecule has 3 nitrogen and oxygen atoms in total. The third-order valence-corrected chi connectivity index (χ3v) is 3.37. The maximum atomic E-state index is 11.9. The molecule has 1 rings (SSSR count). The van der Waals surface area contributed by atoms with Gasteiger partial charge in [0.15, 0.2) is 0 Å². The van der Waals surface area contributed by atoms with E-state index in [1.165, 1.54) is 10.5 Å². The first kappa shape index (κ1) is 14.3. The number of halogens is 1. The predicted molar refractivity (Wildman–Crippen MR) is 78.5 cm³/mol. The molecular formula is C13H18INO2. The van der Waals surface area contributed by atoms with E-state index in [2.05, 4.69) is 22.6 Å². The van der Waals surface area contributed by atoms with Crippen LogP contribution in [-0.4, -0.2) is 18.7 Å². The van der Waals surface area contributed by atoms with E-state index < -0.39 is 5.60 Å². The monoisotopic (exact) mass is 347 g/mol. The molecule has 0 aromatic heterocycles. The van der Waals surface area contributed by atoms with Crippen LogP contribution in [0.2, 0.25) is 0 Å². The SMILES string of the molecule is Cc1ccc(N(C)C(=O)OC(C)(C)C)cc1I. The van der Waals surface area contributed by atoms with Crippen molar-refractivity contribution in [2.45, 2.75) is 33.3 Å². The van der Waals surface area contributed by atoms with E-state index >= 15 is 0 Å². The second-order valence-corrected chi connectivity index (χ2v) is 6.14. The van der Waals surface area contributed by atoms with Crippen LogP contribution in [0.4, 0.5) is 10.5 Å². The number of carbonyl (C=O) groups is 1. The minimum absolute atomic E-state index is 0.336. The normalized spacial score (nSPS) is 11.2. The molecule has 17 heavy (non-hydrogen) atoms. The Morgan fingerprint density at radius 2 is 1.94 bits per heavy atom. The predicted octanol–water partition coefficient (Wildman–Crippen LogP) is 3.97. The van der Waals surface area contributed by atoms with Crippen LogP contribution in [0.1, 0.15) is 26.3 Å². The largest absolute Gasteiger partial charge is 0.443 e. The number of rotatable bonds is 1. The van der Waals surface area contributed by atoms with E-state index in [1.54, 1.807) is 7.05 Å². The fraction of sp³-hybridized carbons (Fsp3) is 0.462. The molecule has 0 bridgehead atoms. The van der Waals surface area contributed by atoms with Gasteiger partial charge in [0.2, 0.25) is 0 Å². The fourth-order valence-corrected chi connectivity index (χ4v) is 1.73. The first-order chi connectivity index (χ1) is 7.70. The number of benzene rings is 1. The van der Waals surface area contributed by atoms with Gasteiger partial charge in [-0.1, -0.05) is 6.07 Å². The molecule has 0 saturated heterocycles. The Morgan fingerprint density at radius 3 is 2.41 bits per heavy atom. The van der Waals surface area contributed by atoms with Crippen molar-refractivity contribution in [2.24, 2.45) is 0 Å². The van der Waals surface area contributed by atoms with Gasteiger partial charge in [-0.25, -0.2) is 4.79 Å². The van der Waals surface area contributed by atoms with Crippen LogP contribution in [0.3, 0.4) is 0 Å². The van der Waals surface area contributed by atoms with Crippen LogP contribution in [-0.2, 0) is 4.74 Å². The van der Waals surface area contributed by atoms with Crippen molar-refractivity contribution in [3.8, 4) is 0 Å². The zero-order valence-corrected chi connectivity index (χ0v) is 13.0. The molecule has 94 valence electrons. The summed E-state index contributed by atoms with van der Waals surface area (Å²) in [6.07, 6.45) is -0.336. The van der Waals surface area contributed by atoms with Gasteiger partial charge >= 0.3 is 6.09 Å². The third-order valence-electron chi connectivity index (χ3n) is 2.21. The summed E-state index contributed by atoms with van der Waals surface area (Å²) in [5.74, 6) is 0. The van der Waals surface area contributed by atoms with E-state index in [0.717, 1.165) is 9.26 Å². The number of nitrogens with zero attached hydrogens (tertiary/aromatic N) is 1. The van der Waals surface area contributed by atoms with Gasteiger partial charge < -0.3 is 4.74 Å². The van der Waals surface area contributed by atoms with Crippen LogP contribution in [0, 0.1) is 10.5 Å². The molecule has 0 unspecified atom stereocenters. The van der Waals surface area contributed by atoms with Gasteiger partial charge in [-0.2, -0.15) is 0 Å². The molecule has 0 atom stereocenters. The minimum atomic E-state index is -0.469. The fourth-order valence-electron chi connectivity index (χ4n) is 1.23. The van der Waals surface area contributed by atoms with Crippen LogP contribution in [0.25, 0.3) is 0 Å². The van der Waals surface area contributed by atoms with Crippen molar-refractivity contribution in [3.05, 3.63) is 27.3 Å². The molecule has 0 aliphatic heterocycles. The molecule has 1 aromatic rings. The van der Waals surface area contributed by atoms with Crippen LogP contribution in [0.5, 0.6) is 0 Å². The molecule has 0 heterocycles. The Hall–Kier alpha value is -0.780. The van der Waals surface area contributed by atoms with Gasteiger partial charge in [0.05, 0.1) is 0 Å². The van der Waals surface area contributed by atoms with Crippen molar-refractivity contribution < 1.29 is 9.53 Å². The van der Waals surface area contributed by atoms with Crippen molar-refractivity contribution in [3.63, 3.8) is 0 Å². The Bertz CT molecular complexity index is 424. The maximum Gasteiger partial charge on any atom is 0.414 e. The van der Waals surface area contributed by atoms with Crippen molar-refractivity contribution in [2.75, 3.05) is 11.9 Å². The van der Waals surface area contributed by atoms with E-state index in [-0.39, 0.29) is 6.09 Å². The zero-order chi connectivity index (χ0) is 13.2. The lowest BCUT2D eigenvalue weighted by atomic mass is 10.2. The smallest absolute Gasteiger partial charge is 0.414 e. The van der Waals surface area contributed by atoms with E-state index in [1.807, 2.05) is 45.9 Å². The van der Waals surface area contributed by atoms with E-state index in [9.17, 15) is 4.79 Å². The second kappa shape index (κ2) is 5.25. The average Bonchev–Trinajstić information content (AvgIpc) is 2.18. The van der Waals surface area contributed by atoms with Gasteiger partial charge in [-0.3, -0.25) is 4.90 Å². The van der Waals surface area contributed by atoms with Crippen LogP contribution >= 0.6 is 22.6 Å². The number of ether oxygens (including phenoxy) is 1. The lowest BCUT2D eigenvalue weighted by Crippen LogP contribution is -2.34. The molecule has 0 radical (unpaired) electrons. The number of aryl methyl sites for hydroxylation is 1. The summed E-state index contributed by atoms with van der Waals surface area (Å²) in [6, 6.07) is 5.89. The standard InChI is InChI=1S/C13H18INO2/c1-9-6-7-10(8-11(9)14)15(5)12(16)17-13(2,3)4/h6-8H,1-5H3. The first-order valence-corrected chi connectivity index (χ1v) is 6.51. The maximum absolute atomic E-state index is 11.9. The van der Waals surface area contributed by atoms with Crippen LogP contribution < -0.4 is 4.90 Å². The summed E-state index contributed by atoms with van der Waals surface area (Å²) in [5, 5.41) is 0. The molecule has 0 aliphatic carbocycles. The summed E-state index contributed by atoms with van der Waals surface area (Å²) in [5.41, 5.74) is 1.57. The molecule has 0 aliphatic rings. The number of hydrogen-bond donors (Lipinski definition) is 0. The minimum Gasteiger partial charge on any atom is -0.443 e. The Kier molecular flexibility index (Phi) is 4.41. The van der Waals surface area contributed by atoms with E-state index in [4.69, 9.17) is 4.74 Å². The number of amides is 1. The number of carbonyl (C=O) groups excluding carboxylic acids is 1. The molecule has 0 N–H and O–H groups in total. The topological polar surface area (TPSA) is 29.5 Å². The first-order valence-electron chi connectivity index (χ1n) is 5.43. The lowest BCUT2D eigenvalue weighted by molar-refractivity contribution is 0.0589. The highest BCUT2D eigenvalue weighted by Crippen LogP contribution is 2.21. The van der Waals surface area contributed by atoms with Crippen molar-refractivity contribution in [1.82, 2.24) is 0 Å². The highest BCUT2D eigenvalue weighted by molar-refractivity contribution is 14.1. The van der Waals surface area contributed by atoms with Gasteiger partial charge in [0, 0.05) is 16.3 Å².